The first-order valence-corrected chi connectivity index (χ1v) is 7.38. The van der Waals surface area contributed by atoms with Crippen LogP contribution in [0.25, 0.3) is 23.1 Å². The van der Waals surface area contributed by atoms with Crippen LogP contribution < -0.4 is 0 Å². The summed E-state index contributed by atoms with van der Waals surface area (Å²) in [6.45, 7) is 6.66. The lowest BCUT2D eigenvalue weighted by atomic mass is 9.78. The summed E-state index contributed by atoms with van der Waals surface area (Å²) >= 11 is 0. The van der Waals surface area contributed by atoms with E-state index in [4.69, 9.17) is 4.42 Å². The number of allylic oxidation sites excluding steroid dienone is 6. The molecule has 0 saturated carbocycles. The first kappa shape index (κ1) is 12.5. The predicted octanol–water partition coefficient (Wildman–Crippen LogP) is 5.67. The van der Waals surface area contributed by atoms with E-state index in [-0.39, 0.29) is 5.41 Å². The molecule has 0 atom stereocenters. The van der Waals surface area contributed by atoms with Gasteiger partial charge in [0.15, 0.2) is 0 Å². The topological polar surface area (TPSA) is 13.1 Å². The van der Waals surface area contributed by atoms with Crippen LogP contribution in [0.5, 0.6) is 0 Å². The minimum atomic E-state index is 0.00118. The van der Waals surface area contributed by atoms with E-state index in [2.05, 4.69) is 75.4 Å². The van der Waals surface area contributed by atoms with Crippen molar-refractivity contribution in [3.63, 3.8) is 0 Å². The van der Waals surface area contributed by atoms with Crippen molar-refractivity contribution in [2.24, 2.45) is 5.41 Å². The standard InChI is InChI=1S/C20H18O/c1-13-8-9-18-16(10-13)17-11-14-6-4-5-7-15(20(14,2)3)12-19(17)21-18/h4-12H,1-3H3. The molecule has 0 N–H and O–H groups in total. The van der Waals surface area contributed by atoms with Crippen molar-refractivity contribution in [3.8, 4) is 0 Å². The van der Waals surface area contributed by atoms with E-state index in [1.165, 1.54) is 27.7 Å². The third kappa shape index (κ3) is 1.77. The van der Waals surface area contributed by atoms with Gasteiger partial charge in [-0.2, -0.15) is 0 Å². The fourth-order valence-electron chi connectivity index (χ4n) is 3.16. The summed E-state index contributed by atoms with van der Waals surface area (Å²) in [5.41, 5.74) is 6.03. The summed E-state index contributed by atoms with van der Waals surface area (Å²) in [6.07, 6.45) is 13.1. The van der Waals surface area contributed by atoms with E-state index in [0.29, 0.717) is 0 Å². The first-order chi connectivity index (χ1) is 10.1. The van der Waals surface area contributed by atoms with Crippen LogP contribution in [0.15, 0.2) is 58.1 Å². The second kappa shape index (κ2) is 4.11. The van der Waals surface area contributed by atoms with Gasteiger partial charge in [-0.25, -0.2) is 0 Å². The maximum atomic E-state index is 6.09. The Labute approximate surface area is 125 Å². The second-order valence-corrected chi connectivity index (χ2v) is 6.42. The summed E-state index contributed by atoms with van der Waals surface area (Å²) < 4.78 is 6.09. The van der Waals surface area contributed by atoms with Crippen LogP contribution in [0.4, 0.5) is 0 Å². The molecule has 2 aromatic rings. The quantitative estimate of drug-likeness (QED) is 0.603. The number of rotatable bonds is 0. The van der Waals surface area contributed by atoms with E-state index in [9.17, 15) is 0 Å². The van der Waals surface area contributed by atoms with Crippen LogP contribution in [-0.4, -0.2) is 0 Å². The monoisotopic (exact) mass is 274 g/mol. The minimum absolute atomic E-state index is 0.00118. The molecular weight excluding hydrogens is 256 g/mol. The van der Waals surface area contributed by atoms with Crippen molar-refractivity contribution in [2.75, 3.05) is 0 Å². The van der Waals surface area contributed by atoms with Crippen LogP contribution in [0.1, 0.15) is 30.7 Å². The van der Waals surface area contributed by atoms with Crippen LogP contribution in [-0.2, 0) is 0 Å². The molecule has 21 heavy (non-hydrogen) atoms. The molecule has 0 amide bonds. The highest BCUT2D eigenvalue weighted by Gasteiger charge is 2.30. The highest BCUT2D eigenvalue weighted by Crippen LogP contribution is 2.44. The van der Waals surface area contributed by atoms with Gasteiger partial charge in [0, 0.05) is 16.4 Å². The highest BCUT2D eigenvalue weighted by molar-refractivity contribution is 5.93. The molecular formula is C20H18O. The van der Waals surface area contributed by atoms with E-state index in [1.54, 1.807) is 0 Å². The van der Waals surface area contributed by atoms with Gasteiger partial charge in [-0.3, -0.25) is 0 Å². The average molecular weight is 274 g/mol. The van der Waals surface area contributed by atoms with Crippen molar-refractivity contribution in [3.05, 3.63) is 70.5 Å². The van der Waals surface area contributed by atoms with Gasteiger partial charge >= 0.3 is 0 Å². The van der Waals surface area contributed by atoms with Crippen LogP contribution in [0.2, 0.25) is 0 Å². The molecule has 2 aliphatic carbocycles. The Morgan fingerprint density at radius 1 is 0.952 bits per heavy atom. The molecule has 1 aromatic heterocycles. The third-order valence-corrected chi connectivity index (χ3v) is 4.60. The number of hydrogen-bond donors (Lipinski definition) is 0. The molecule has 0 fully saturated rings. The van der Waals surface area contributed by atoms with Gasteiger partial charge in [-0.1, -0.05) is 49.8 Å². The van der Waals surface area contributed by atoms with Crippen molar-refractivity contribution < 1.29 is 4.42 Å². The molecule has 2 aliphatic rings. The normalized spacial score (nSPS) is 18.8. The van der Waals surface area contributed by atoms with Gasteiger partial charge in [0.25, 0.3) is 0 Å². The summed E-state index contributed by atoms with van der Waals surface area (Å²) in [4.78, 5) is 0. The molecule has 0 saturated heterocycles. The molecule has 2 bridgehead atoms. The Morgan fingerprint density at radius 3 is 2.43 bits per heavy atom. The summed E-state index contributed by atoms with van der Waals surface area (Å²) in [7, 11) is 0. The van der Waals surface area contributed by atoms with E-state index in [1.807, 2.05) is 0 Å². The Bertz CT molecular complexity index is 867. The largest absolute Gasteiger partial charge is 0.456 e. The van der Waals surface area contributed by atoms with Crippen molar-refractivity contribution in [1.29, 1.82) is 0 Å². The number of fused-ring (bicyclic) bond motifs is 5. The zero-order valence-corrected chi connectivity index (χ0v) is 12.6. The third-order valence-electron chi connectivity index (χ3n) is 4.60. The Kier molecular flexibility index (Phi) is 2.44. The summed E-state index contributed by atoms with van der Waals surface area (Å²) in [6, 6.07) is 6.38. The smallest absolute Gasteiger partial charge is 0.135 e. The fraction of sp³-hybridized carbons (Fsp3) is 0.200. The summed E-state index contributed by atoms with van der Waals surface area (Å²) in [5, 5.41) is 1.20. The van der Waals surface area contributed by atoms with Gasteiger partial charge in [0.2, 0.25) is 0 Å². The molecule has 1 aromatic carbocycles. The van der Waals surface area contributed by atoms with Crippen molar-refractivity contribution in [2.45, 2.75) is 20.8 Å². The summed E-state index contributed by atoms with van der Waals surface area (Å²) in [5.74, 6) is 0.966. The number of aryl methyl sites for hydroxylation is 1. The van der Waals surface area contributed by atoms with E-state index in [0.717, 1.165) is 11.3 Å². The lowest BCUT2D eigenvalue weighted by molar-refractivity contribution is 0.571. The zero-order chi connectivity index (χ0) is 14.6. The van der Waals surface area contributed by atoms with E-state index >= 15 is 0 Å². The average Bonchev–Trinajstić information content (AvgIpc) is 2.66. The highest BCUT2D eigenvalue weighted by atomic mass is 16.3. The number of furan rings is 1. The molecule has 1 heteroatoms. The molecule has 0 aliphatic heterocycles. The molecule has 0 radical (unpaired) electrons. The predicted molar refractivity (Wildman–Crippen MR) is 89.0 cm³/mol. The lowest BCUT2D eigenvalue weighted by Gasteiger charge is -2.26. The number of benzene rings is 1. The molecule has 4 rings (SSSR count). The van der Waals surface area contributed by atoms with Gasteiger partial charge in [0.1, 0.15) is 11.3 Å². The lowest BCUT2D eigenvalue weighted by Crippen LogP contribution is -2.14. The van der Waals surface area contributed by atoms with Gasteiger partial charge < -0.3 is 4.42 Å². The van der Waals surface area contributed by atoms with Crippen LogP contribution >= 0.6 is 0 Å². The Morgan fingerprint density at radius 2 is 1.67 bits per heavy atom. The maximum absolute atomic E-state index is 6.09. The van der Waals surface area contributed by atoms with Crippen molar-refractivity contribution in [1.82, 2.24) is 0 Å². The molecule has 0 unspecified atom stereocenters. The van der Waals surface area contributed by atoms with Gasteiger partial charge in [0.05, 0.1) is 0 Å². The van der Waals surface area contributed by atoms with Gasteiger partial charge in [-0.15, -0.1) is 0 Å². The molecule has 1 heterocycles. The van der Waals surface area contributed by atoms with Crippen LogP contribution in [0.3, 0.4) is 0 Å². The molecule has 0 spiro atoms. The second-order valence-electron chi connectivity index (χ2n) is 6.42. The SMILES string of the molecule is Cc1ccc2oc3c(c2c1)C=C1C=CC=CC(=C3)C1(C)C. The van der Waals surface area contributed by atoms with E-state index < -0.39 is 0 Å². The zero-order valence-electron chi connectivity index (χ0n) is 12.6. The van der Waals surface area contributed by atoms with Crippen LogP contribution in [0, 0.1) is 12.3 Å². The van der Waals surface area contributed by atoms with Gasteiger partial charge in [-0.05, 0) is 42.4 Å². The fourth-order valence-corrected chi connectivity index (χ4v) is 3.16. The van der Waals surface area contributed by atoms with Crippen molar-refractivity contribution >= 4 is 23.1 Å². The maximum Gasteiger partial charge on any atom is 0.135 e. The first-order valence-electron chi connectivity index (χ1n) is 7.38. The molecule has 104 valence electrons. The number of hydrogen-bond acceptors (Lipinski definition) is 1. The molecule has 1 nitrogen and oxygen atoms in total. The Balaban J connectivity index is 2.11. The minimum Gasteiger partial charge on any atom is -0.456 e. The Hall–Kier alpha value is -2.28.